The number of allylic oxidation sites excluding steroid dienone is 2. The minimum Gasteiger partial charge on any atom is -0.453 e. The molecular formula is C102H121N11O10. The van der Waals surface area contributed by atoms with Gasteiger partial charge in [0.2, 0.25) is 11.6 Å². The molecular weight excluding hydrogens is 1540 g/mol. The average molecular weight is 1660 g/mol. The van der Waals surface area contributed by atoms with E-state index in [4.69, 9.17) is 8.83 Å². The Labute approximate surface area is 722 Å². The maximum atomic E-state index is 12.2. The SMILES string of the molecule is CC(C)(C)C(=O)C1=CN2NC=CC2C=C1.CC(C)(C)C(=O)c1cc2ccccc2o1.CC(C)(C)C(=O)c1cc2ccccn2c1.CC(C)(C)C(=O)c1cc2ccccn2n1.CC(C)(C)C(=O)c1ccc2cn[nH]c2c1.Cc1c(C(=O)C(C)(C)C)nn2ccccc12.Cc1c(C(=O)C(C)(C)C)nn2ccccc12.Cc1c(C(=O)C(C)(C)C)oc2ccccc12. The topological polar surface area (TPSA) is 263 Å². The van der Waals surface area contributed by atoms with Crippen molar-refractivity contribution in [2.24, 2.45) is 43.3 Å². The first-order valence-electron chi connectivity index (χ1n) is 41.4. The zero-order chi connectivity index (χ0) is 91.0. The molecule has 0 saturated carbocycles. The summed E-state index contributed by atoms with van der Waals surface area (Å²) in [6.07, 6.45) is 20.9. The molecule has 2 aliphatic rings. The quantitative estimate of drug-likeness (QED) is 0.134. The lowest BCUT2D eigenvalue weighted by molar-refractivity contribution is -0.122. The minimum atomic E-state index is -0.404. The molecule has 1 atom stereocenters. The van der Waals surface area contributed by atoms with Crippen LogP contribution in [0.1, 0.15) is 256 Å². The standard InChI is InChI=1S/C14H16O2.2C13H16N2O.C13H15NO.C13H14O2.C12H14N2O.C12H16N2O.C12H14N2O/c1-9-10-7-5-6-8-11(10)16-12(9)13(15)14(2,3)4;2*1-9-10-7-5-6-8-15(10)14-11(9)12(16)13(2,3)4;1-13(2,3)12(15)10-8-11-6-4-5-7-14(11)9-10;1-13(2,3)12(14)11-8-9-6-4-5-7-10(9)15-11;1-12(2,3)11(15)8-4-5-9-7-13-14-10(9)6-8;1-12(2,3)11(15)9-4-5-10-6-7-13-14(10)8-9;1-12(2,3)11(15)10-8-9-6-4-5-7-14(9)13-10/h3*5-8H,1-4H3;4-9H,1-3H3;4-8H,1-3H3;4-7H,1-3H3,(H,13,14);4-8,10,13H,1-3H3;4-8H,1-3H3. The molecule has 21 nitrogen and oxygen atoms in total. The summed E-state index contributed by atoms with van der Waals surface area (Å²) in [5.74, 6) is 1.81. The fraction of sp³-hybridized carbons (Fsp3) is 0.353. The number of ketones is 8. The predicted molar refractivity (Wildman–Crippen MR) is 492 cm³/mol. The van der Waals surface area contributed by atoms with Crippen LogP contribution in [0.15, 0.2) is 240 Å². The molecule has 14 aromatic rings. The number of hydrogen-bond donors (Lipinski definition) is 2. The molecule has 2 aliphatic heterocycles. The maximum Gasteiger partial charge on any atom is 0.203 e. The van der Waals surface area contributed by atoms with E-state index in [9.17, 15) is 38.4 Å². The summed E-state index contributed by atoms with van der Waals surface area (Å²) in [4.78, 5) is 96.5. The maximum absolute atomic E-state index is 12.2. The van der Waals surface area contributed by atoms with Crippen molar-refractivity contribution < 1.29 is 47.2 Å². The Balaban J connectivity index is 0.000000159. The molecule has 0 aliphatic carbocycles. The number of H-pyrrole nitrogens is 1. The predicted octanol–water partition coefficient (Wildman–Crippen LogP) is 23.7. The van der Waals surface area contributed by atoms with Gasteiger partial charge in [0.15, 0.2) is 46.2 Å². The van der Waals surface area contributed by atoms with Gasteiger partial charge in [0.25, 0.3) is 0 Å². The second-order valence-electron chi connectivity index (χ2n) is 39.2. The van der Waals surface area contributed by atoms with Crippen LogP contribution in [0.5, 0.6) is 0 Å². The summed E-state index contributed by atoms with van der Waals surface area (Å²) in [6.45, 7) is 51.8. The van der Waals surface area contributed by atoms with Crippen molar-refractivity contribution >= 4 is 101 Å². The number of hydrazine groups is 1. The van der Waals surface area contributed by atoms with Crippen molar-refractivity contribution in [3.63, 3.8) is 0 Å². The monoisotopic (exact) mass is 1660 g/mol. The number of benzene rings is 3. The zero-order valence-electron chi connectivity index (χ0n) is 76.5. The number of carbonyl (C=O) groups is 8. The summed E-state index contributed by atoms with van der Waals surface area (Å²) in [5.41, 5.74) is 13.4. The second-order valence-corrected chi connectivity index (χ2v) is 39.2. The van der Waals surface area contributed by atoms with Gasteiger partial charge in [-0.25, -0.2) is 13.5 Å². The van der Waals surface area contributed by atoms with Gasteiger partial charge in [0.05, 0.1) is 34.3 Å². The molecule has 123 heavy (non-hydrogen) atoms. The second kappa shape index (κ2) is 37.3. The van der Waals surface area contributed by atoms with E-state index in [0.29, 0.717) is 28.6 Å². The van der Waals surface area contributed by atoms with E-state index in [-0.39, 0.29) is 84.8 Å². The number of pyridine rings is 4. The Morgan fingerprint density at radius 3 is 1.37 bits per heavy atom. The Kier molecular flexibility index (Phi) is 28.5. The van der Waals surface area contributed by atoms with E-state index in [2.05, 4.69) is 30.9 Å². The molecule has 1 unspecified atom stereocenters. The third-order valence-electron chi connectivity index (χ3n) is 20.1. The normalized spacial score (nSPS) is 13.4. The molecule has 13 heterocycles. The van der Waals surface area contributed by atoms with Gasteiger partial charge in [-0.3, -0.25) is 48.5 Å². The fourth-order valence-electron chi connectivity index (χ4n) is 12.8. The van der Waals surface area contributed by atoms with Gasteiger partial charge in [-0.1, -0.05) is 251 Å². The van der Waals surface area contributed by atoms with Crippen LogP contribution in [0.25, 0.3) is 54.9 Å². The van der Waals surface area contributed by atoms with Crippen molar-refractivity contribution in [3.8, 4) is 0 Å². The molecule has 0 fully saturated rings. The Hall–Kier alpha value is -12.8. The van der Waals surface area contributed by atoms with E-state index >= 15 is 0 Å². The van der Waals surface area contributed by atoms with Crippen molar-refractivity contribution in [3.05, 3.63) is 288 Å². The number of carbonyl (C=O) groups excluding carboxylic acids is 8. The fourth-order valence-corrected chi connectivity index (χ4v) is 12.8. The lowest BCUT2D eigenvalue weighted by atomic mass is 9.85. The van der Waals surface area contributed by atoms with Crippen LogP contribution in [-0.2, 0) is 4.79 Å². The van der Waals surface area contributed by atoms with Crippen molar-refractivity contribution in [1.29, 1.82) is 0 Å². The summed E-state index contributed by atoms with van der Waals surface area (Å²) >= 11 is 0. The van der Waals surface area contributed by atoms with Crippen LogP contribution in [-0.4, -0.2) is 101 Å². The van der Waals surface area contributed by atoms with E-state index < -0.39 is 10.8 Å². The Bertz CT molecular complexity index is 5700. The van der Waals surface area contributed by atoms with Crippen LogP contribution in [0.4, 0.5) is 0 Å². The van der Waals surface area contributed by atoms with Crippen molar-refractivity contribution in [2.45, 2.75) is 193 Å². The van der Waals surface area contributed by atoms with E-state index in [1.165, 1.54) is 0 Å². The van der Waals surface area contributed by atoms with Crippen molar-refractivity contribution in [1.82, 2.24) is 53.9 Å². The van der Waals surface area contributed by atoms with Crippen LogP contribution >= 0.6 is 0 Å². The number of nitrogens with one attached hydrogen (secondary N) is 2. The molecule has 16 rings (SSSR count). The number of para-hydroxylation sites is 2. The van der Waals surface area contributed by atoms with Gasteiger partial charge in [0.1, 0.15) is 28.2 Å². The third-order valence-corrected chi connectivity index (χ3v) is 20.1. The summed E-state index contributed by atoms with van der Waals surface area (Å²) in [5, 5.41) is 24.7. The molecule has 2 N–H and O–H groups in total. The number of aromatic nitrogens is 9. The molecule has 11 aromatic heterocycles. The molecule has 0 radical (unpaired) electrons. The van der Waals surface area contributed by atoms with Crippen molar-refractivity contribution in [2.75, 3.05) is 0 Å². The number of furan rings is 2. The average Bonchev–Trinajstić information content (AvgIpc) is 1.76. The Morgan fingerprint density at radius 1 is 0.390 bits per heavy atom. The summed E-state index contributed by atoms with van der Waals surface area (Å²) < 4.78 is 18.4. The van der Waals surface area contributed by atoms with Gasteiger partial charge in [-0.15, -0.1) is 0 Å². The van der Waals surface area contributed by atoms with Gasteiger partial charge >= 0.3 is 0 Å². The first-order valence-corrected chi connectivity index (χ1v) is 41.4. The largest absolute Gasteiger partial charge is 0.453 e. The van der Waals surface area contributed by atoms with Gasteiger partial charge in [-0.05, 0) is 112 Å². The van der Waals surface area contributed by atoms with Gasteiger partial charge in [-0.2, -0.15) is 20.4 Å². The first-order chi connectivity index (χ1) is 57.1. The smallest absolute Gasteiger partial charge is 0.203 e. The minimum absolute atomic E-state index is 0.0405. The molecule has 0 spiro atoms. The van der Waals surface area contributed by atoms with E-state index in [1.807, 2.05) is 416 Å². The van der Waals surface area contributed by atoms with Crippen LogP contribution in [0.3, 0.4) is 0 Å². The van der Waals surface area contributed by atoms with E-state index in [0.717, 1.165) is 88.3 Å². The third kappa shape index (κ3) is 23.5. The lowest BCUT2D eigenvalue weighted by Crippen LogP contribution is -2.35. The van der Waals surface area contributed by atoms with Gasteiger partial charge in [0, 0.05) is 142 Å². The molecule has 644 valence electrons. The molecule has 0 bridgehead atoms. The zero-order valence-corrected chi connectivity index (χ0v) is 76.5. The highest BCUT2D eigenvalue weighted by molar-refractivity contribution is 6.06. The molecule has 21 heteroatoms. The van der Waals surface area contributed by atoms with Gasteiger partial charge < -0.3 is 18.7 Å². The number of fused-ring (bicyclic) bond motifs is 8. The number of aromatic amines is 1. The molecule has 0 amide bonds. The lowest BCUT2D eigenvalue weighted by Gasteiger charge is -2.26. The van der Waals surface area contributed by atoms with E-state index in [1.54, 1.807) is 19.7 Å². The highest BCUT2D eigenvalue weighted by Crippen LogP contribution is 2.34. The summed E-state index contributed by atoms with van der Waals surface area (Å²) in [6, 6.07) is 50.2. The number of hydrogen-bond acceptors (Lipinski definition) is 16. The van der Waals surface area contributed by atoms with Crippen LogP contribution in [0, 0.1) is 64.1 Å². The molecule has 0 saturated heterocycles. The number of rotatable bonds is 8. The molecule has 3 aromatic carbocycles. The number of nitrogens with zero attached hydrogens (tertiary/aromatic N) is 9. The highest BCUT2D eigenvalue weighted by Gasteiger charge is 2.34. The summed E-state index contributed by atoms with van der Waals surface area (Å²) in [7, 11) is 0. The van der Waals surface area contributed by atoms with Crippen LogP contribution in [0.2, 0.25) is 0 Å². The first kappa shape index (κ1) is 94.1. The van der Waals surface area contributed by atoms with Crippen LogP contribution < -0.4 is 5.43 Å². The number of Topliss-reactive ketones (excluding diaryl/α,β-unsaturated/α-hetero) is 8. The highest BCUT2D eigenvalue weighted by atomic mass is 16.3. The number of aryl methyl sites for hydroxylation is 3. The Morgan fingerprint density at radius 2 is 0.870 bits per heavy atom.